The maximum absolute atomic E-state index is 12.6. The number of aliphatic hydroxyl groups is 1. The number of aryl methyl sites for hydroxylation is 1. The molecule has 0 fully saturated rings. The second-order valence-corrected chi connectivity index (χ2v) is 9.23. The maximum atomic E-state index is 12.6. The van der Waals surface area contributed by atoms with Gasteiger partial charge in [0.2, 0.25) is 5.95 Å². The normalized spacial score (nSPS) is 12.2. The average molecular weight is 556 g/mol. The number of aromatic nitrogens is 4. The molecule has 0 saturated carbocycles. The van der Waals surface area contributed by atoms with E-state index in [-0.39, 0.29) is 30.3 Å². The first-order chi connectivity index (χ1) is 17.2. The van der Waals surface area contributed by atoms with E-state index in [2.05, 4.69) is 36.4 Å². The van der Waals surface area contributed by atoms with Gasteiger partial charge in [0.15, 0.2) is 11.2 Å². The Morgan fingerprint density at radius 1 is 1.19 bits per heavy atom. The molecule has 0 aliphatic heterocycles. The number of benzene rings is 2. The molecule has 3 N–H and O–H groups in total. The summed E-state index contributed by atoms with van der Waals surface area (Å²) in [5, 5.41) is 14.9. The van der Waals surface area contributed by atoms with Crippen molar-refractivity contribution in [2.24, 2.45) is 12.1 Å². The number of rotatable bonds is 9. The molecule has 1 atom stereocenters. The summed E-state index contributed by atoms with van der Waals surface area (Å²) >= 11 is 3.37. The lowest BCUT2D eigenvalue weighted by atomic mass is 10.2. The Kier molecular flexibility index (Phi) is 7.55. The number of hydrazone groups is 1. The number of imidazole rings is 1. The summed E-state index contributed by atoms with van der Waals surface area (Å²) in [6, 6.07) is 15.0. The zero-order valence-electron chi connectivity index (χ0n) is 20.0. The molecule has 0 spiro atoms. The summed E-state index contributed by atoms with van der Waals surface area (Å²) in [7, 11) is 5.43. The topological polar surface area (TPSA) is 130 Å². The highest BCUT2D eigenvalue weighted by atomic mass is 79.9. The molecule has 1 unspecified atom stereocenters. The Labute approximate surface area is 214 Å². The third-order valence-electron chi connectivity index (χ3n) is 5.44. The first-order valence-electron chi connectivity index (χ1n) is 11.1. The fraction of sp³-hybridized carbons (Fsp3) is 0.250. The molecular formula is C24H26BrN7O4. The van der Waals surface area contributed by atoms with E-state index in [9.17, 15) is 14.7 Å². The lowest BCUT2D eigenvalue weighted by Crippen LogP contribution is -2.30. The molecule has 2 aromatic carbocycles. The van der Waals surface area contributed by atoms with Crippen molar-refractivity contribution in [3.63, 3.8) is 0 Å². The van der Waals surface area contributed by atoms with E-state index in [0.717, 1.165) is 15.7 Å². The predicted octanol–water partition coefficient (Wildman–Crippen LogP) is 2.14. The molecule has 4 rings (SSSR count). The number of halogens is 1. The quantitative estimate of drug-likeness (QED) is 0.213. The molecule has 11 nitrogen and oxygen atoms in total. The van der Waals surface area contributed by atoms with E-state index in [1.165, 1.54) is 16.2 Å². The Hall–Kier alpha value is -3.90. The summed E-state index contributed by atoms with van der Waals surface area (Å²) < 4.78 is 9.29. The molecule has 0 amide bonds. The van der Waals surface area contributed by atoms with Crippen LogP contribution in [0.3, 0.4) is 0 Å². The first-order valence-corrected chi connectivity index (χ1v) is 11.8. The number of ether oxygens (including phenoxy) is 1. The van der Waals surface area contributed by atoms with Crippen LogP contribution in [-0.2, 0) is 13.6 Å². The van der Waals surface area contributed by atoms with E-state index in [1.54, 1.807) is 18.3 Å². The van der Waals surface area contributed by atoms with Gasteiger partial charge in [0, 0.05) is 31.3 Å². The van der Waals surface area contributed by atoms with E-state index in [0.29, 0.717) is 5.75 Å². The van der Waals surface area contributed by atoms with Crippen LogP contribution in [0.15, 0.2) is 67.7 Å². The molecule has 188 valence electrons. The van der Waals surface area contributed by atoms with E-state index >= 15 is 0 Å². The fourth-order valence-corrected chi connectivity index (χ4v) is 3.77. The van der Waals surface area contributed by atoms with Crippen LogP contribution in [0.2, 0.25) is 0 Å². The van der Waals surface area contributed by atoms with Crippen molar-refractivity contribution < 1.29 is 9.84 Å². The van der Waals surface area contributed by atoms with Gasteiger partial charge >= 0.3 is 5.69 Å². The highest BCUT2D eigenvalue weighted by Crippen LogP contribution is 2.19. The van der Waals surface area contributed by atoms with E-state index < -0.39 is 17.4 Å². The Morgan fingerprint density at radius 3 is 2.56 bits per heavy atom. The van der Waals surface area contributed by atoms with Crippen LogP contribution in [0.4, 0.5) is 11.6 Å². The largest absolute Gasteiger partial charge is 0.491 e. The SMILES string of the molecule is CN(C)c1ccc(/C=N/Nc2nc3c(c(=O)[nH]c(=O)n3C)n2CC(O)COc2ccc(Br)cc2)cc1. The second kappa shape index (κ2) is 10.8. The minimum Gasteiger partial charge on any atom is -0.491 e. The molecule has 0 aliphatic rings. The van der Waals surface area contributed by atoms with Crippen LogP contribution in [-0.4, -0.2) is 57.2 Å². The average Bonchev–Trinajstić information content (AvgIpc) is 3.21. The van der Waals surface area contributed by atoms with Gasteiger partial charge in [0.1, 0.15) is 18.5 Å². The van der Waals surface area contributed by atoms with Crippen molar-refractivity contribution >= 4 is 44.9 Å². The number of H-pyrrole nitrogens is 1. The van der Waals surface area contributed by atoms with Crippen LogP contribution in [0.5, 0.6) is 5.75 Å². The molecule has 36 heavy (non-hydrogen) atoms. The minimum atomic E-state index is -0.981. The predicted molar refractivity (Wildman–Crippen MR) is 143 cm³/mol. The van der Waals surface area contributed by atoms with Crippen molar-refractivity contribution in [3.05, 3.63) is 79.4 Å². The first kappa shape index (κ1) is 25.2. The van der Waals surface area contributed by atoms with Crippen molar-refractivity contribution in [2.75, 3.05) is 31.0 Å². The standard InChI is InChI=1S/C24H26BrN7O4/c1-30(2)17-8-4-15(5-9-17)12-26-29-23-27-21-20(22(34)28-24(35)31(21)3)32(23)13-18(33)14-36-19-10-6-16(25)7-11-19/h4-12,18,33H,13-14H2,1-3H3,(H,27,29)(H,28,34,35)/b26-12+. The van der Waals surface area contributed by atoms with E-state index in [1.807, 2.05) is 55.4 Å². The number of hydrogen-bond donors (Lipinski definition) is 3. The lowest BCUT2D eigenvalue weighted by Gasteiger charge is -2.15. The van der Waals surface area contributed by atoms with Gasteiger partial charge in [-0.05, 0) is 42.0 Å². The molecule has 4 aromatic rings. The zero-order chi connectivity index (χ0) is 25.8. The van der Waals surface area contributed by atoms with Crippen LogP contribution in [0.25, 0.3) is 11.2 Å². The number of anilines is 2. The smallest absolute Gasteiger partial charge is 0.329 e. The summed E-state index contributed by atoms with van der Waals surface area (Å²) in [5.41, 5.74) is 3.83. The molecule has 2 heterocycles. The molecule has 0 aliphatic carbocycles. The highest BCUT2D eigenvalue weighted by Gasteiger charge is 2.20. The van der Waals surface area contributed by atoms with Gasteiger partial charge < -0.3 is 19.3 Å². The van der Waals surface area contributed by atoms with Crippen molar-refractivity contribution in [1.82, 2.24) is 19.1 Å². The number of fused-ring (bicyclic) bond motifs is 1. The number of aromatic amines is 1. The Bertz CT molecular complexity index is 1490. The zero-order valence-corrected chi connectivity index (χ0v) is 21.6. The Morgan fingerprint density at radius 2 is 1.89 bits per heavy atom. The molecular weight excluding hydrogens is 530 g/mol. The van der Waals surface area contributed by atoms with Crippen molar-refractivity contribution in [3.8, 4) is 5.75 Å². The number of aliphatic hydroxyl groups excluding tert-OH is 1. The van der Waals surface area contributed by atoms with Gasteiger partial charge in [0.25, 0.3) is 5.56 Å². The molecule has 0 saturated heterocycles. The Balaban J connectivity index is 1.58. The molecule has 2 aromatic heterocycles. The van der Waals surface area contributed by atoms with Gasteiger partial charge in [-0.15, -0.1) is 0 Å². The van der Waals surface area contributed by atoms with Crippen molar-refractivity contribution in [1.29, 1.82) is 0 Å². The summed E-state index contributed by atoms with van der Waals surface area (Å²) in [5.74, 6) is 0.789. The monoisotopic (exact) mass is 555 g/mol. The summed E-state index contributed by atoms with van der Waals surface area (Å²) in [6.45, 7) is -0.0460. The van der Waals surface area contributed by atoms with Gasteiger partial charge in [-0.1, -0.05) is 28.1 Å². The van der Waals surface area contributed by atoms with E-state index in [4.69, 9.17) is 4.74 Å². The summed E-state index contributed by atoms with van der Waals surface area (Å²) in [6.07, 6.45) is 0.630. The fourth-order valence-electron chi connectivity index (χ4n) is 3.51. The maximum Gasteiger partial charge on any atom is 0.329 e. The van der Waals surface area contributed by atoms with Crippen LogP contribution < -0.4 is 26.3 Å². The van der Waals surface area contributed by atoms with Gasteiger partial charge in [0.05, 0.1) is 12.8 Å². The third kappa shape index (κ3) is 5.66. The van der Waals surface area contributed by atoms with Crippen LogP contribution >= 0.6 is 15.9 Å². The highest BCUT2D eigenvalue weighted by molar-refractivity contribution is 9.10. The van der Waals surface area contributed by atoms with Crippen LogP contribution in [0.1, 0.15) is 5.56 Å². The summed E-state index contributed by atoms with van der Waals surface area (Å²) in [4.78, 5) is 33.4. The van der Waals surface area contributed by atoms with Crippen LogP contribution in [0, 0.1) is 0 Å². The molecule has 0 radical (unpaired) electrons. The third-order valence-corrected chi connectivity index (χ3v) is 5.97. The van der Waals surface area contributed by atoms with Gasteiger partial charge in [-0.2, -0.15) is 10.1 Å². The molecule has 12 heteroatoms. The number of hydrogen-bond acceptors (Lipinski definition) is 8. The minimum absolute atomic E-state index is 0.0219. The lowest BCUT2D eigenvalue weighted by molar-refractivity contribution is 0.0938. The second-order valence-electron chi connectivity index (χ2n) is 8.31. The van der Waals surface area contributed by atoms with Gasteiger partial charge in [-0.25, -0.2) is 10.2 Å². The molecule has 0 bridgehead atoms. The van der Waals surface area contributed by atoms with Gasteiger partial charge in [-0.3, -0.25) is 14.3 Å². The number of nitrogens with one attached hydrogen (secondary N) is 2. The number of nitrogens with zero attached hydrogens (tertiary/aromatic N) is 5. The van der Waals surface area contributed by atoms with Crippen molar-refractivity contribution in [2.45, 2.75) is 12.6 Å².